The van der Waals surface area contributed by atoms with Gasteiger partial charge in [-0.05, 0) is 42.5 Å². The number of methoxy groups -OCH3 is 1. The smallest absolute Gasteiger partial charge is 0.363 e. The highest BCUT2D eigenvalue weighted by Gasteiger charge is 2.29. The molecular formula is C21H21N3O4S. The highest BCUT2D eigenvalue weighted by molar-refractivity contribution is 7.10. The summed E-state index contributed by atoms with van der Waals surface area (Å²) in [5, 5.41) is 6.33. The number of rotatable bonds is 5. The summed E-state index contributed by atoms with van der Waals surface area (Å²) in [4.78, 5) is 28.5. The molecule has 1 atom stereocenters. The standard InChI is InChI=1S/C21H21N3O4S/c1-14(20(25)23-10-8-18-15(12-23)9-11-29-18)28-21(26)19-17(27-2)13-24(22-19)16-6-4-3-5-7-16/h3-7,9,11,13-14H,8,10,12H2,1-2H3. The van der Waals surface area contributed by atoms with Gasteiger partial charge in [0.25, 0.3) is 5.91 Å². The third kappa shape index (κ3) is 3.88. The Kier molecular flexibility index (Phi) is 5.35. The number of hydrogen-bond acceptors (Lipinski definition) is 6. The zero-order valence-corrected chi connectivity index (χ0v) is 17.0. The van der Waals surface area contributed by atoms with Gasteiger partial charge in [0, 0.05) is 18.0 Å². The van der Waals surface area contributed by atoms with Crippen LogP contribution in [0.5, 0.6) is 5.75 Å². The van der Waals surface area contributed by atoms with Gasteiger partial charge in [-0.15, -0.1) is 11.3 Å². The Morgan fingerprint density at radius 3 is 2.76 bits per heavy atom. The zero-order valence-electron chi connectivity index (χ0n) is 16.2. The lowest BCUT2D eigenvalue weighted by atomic mass is 10.1. The third-order valence-electron chi connectivity index (χ3n) is 4.87. The Balaban J connectivity index is 1.46. The highest BCUT2D eigenvalue weighted by Crippen LogP contribution is 2.25. The van der Waals surface area contributed by atoms with E-state index in [0.29, 0.717) is 18.8 Å². The Morgan fingerprint density at radius 1 is 1.21 bits per heavy atom. The maximum Gasteiger partial charge on any atom is 0.363 e. The van der Waals surface area contributed by atoms with E-state index in [2.05, 4.69) is 5.10 Å². The van der Waals surface area contributed by atoms with Crippen molar-refractivity contribution in [1.82, 2.24) is 14.7 Å². The molecule has 0 saturated carbocycles. The molecule has 0 radical (unpaired) electrons. The summed E-state index contributed by atoms with van der Waals surface area (Å²) in [6.07, 6.45) is 1.53. The van der Waals surface area contributed by atoms with Crippen molar-refractivity contribution >= 4 is 23.2 Å². The van der Waals surface area contributed by atoms with Crippen LogP contribution in [0, 0.1) is 0 Å². The second-order valence-corrected chi connectivity index (χ2v) is 7.75. The molecule has 1 aromatic carbocycles. The molecule has 0 spiro atoms. The molecule has 1 aliphatic rings. The van der Waals surface area contributed by atoms with E-state index in [-0.39, 0.29) is 11.6 Å². The maximum atomic E-state index is 12.8. The van der Waals surface area contributed by atoms with E-state index in [0.717, 1.165) is 17.7 Å². The summed E-state index contributed by atoms with van der Waals surface area (Å²) in [5.41, 5.74) is 1.99. The fraction of sp³-hybridized carbons (Fsp3) is 0.286. The van der Waals surface area contributed by atoms with Gasteiger partial charge >= 0.3 is 5.97 Å². The van der Waals surface area contributed by atoms with Crippen molar-refractivity contribution < 1.29 is 19.1 Å². The van der Waals surface area contributed by atoms with Crippen molar-refractivity contribution in [2.75, 3.05) is 13.7 Å². The molecule has 1 amide bonds. The van der Waals surface area contributed by atoms with Crippen LogP contribution in [-0.4, -0.2) is 46.3 Å². The molecular weight excluding hydrogens is 390 g/mol. The van der Waals surface area contributed by atoms with Crippen LogP contribution in [0.3, 0.4) is 0 Å². The van der Waals surface area contributed by atoms with Crippen molar-refractivity contribution in [3.05, 3.63) is 64.1 Å². The van der Waals surface area contributed by atoms with E-state index < -0.39 is 12.1 Å². The minimum atomic E-state index is -0.908. The summed E-state index contributed by atoms with van der Waals surface area (Å²) in [6, 6.07) is 11.4. The van der Waals surface area contributed by atoms with Gasteiger partial charge in [0.15, 0.2) is 11.9 Å². The second-order valence-electron chi connectivity index (χ2n) is 6.75. The number of esters is 1. The first kappa shape index (κ1) is 19.2. The van der Waals surface area contributed by atoms with Crippen LogP contribution in [0.25, 0.3) is 5.69 Å². The molecule has 1 unspecified atom stereocenters. The van der Waals surface area contributed by atoms with E-state index in [9.17, 15) is 9.59 Å². The number of fused-ring (bicyclic) bond motifs is 1. The number of benzene rings is 1. The molecule has 150 valence electrons. The SMILES string of the molecule is COc1cn(-c2ccccc2)nc1C(=O)OC(C)C(=O)N1CCc2sccc2C1. The minimum Gasteiger partial charge on any atom is -0.493 e. The molecule has 7 nitrogen and oxygen atoms in total. The number of ether oxygens (including phenoxy) is 2. The van der Waals surface area contributed by atoms with E-state index in [1.165, 1.54) is 12.0 Å². The number of thiophene rings is 1. The molecule has 0 bridgehead atoms. The quantitative estimate of drug-likeness (QED) is 0.604. The number of hydrogen-bond donors (Lipinski definition) is 0. The normalized spacial score (nSPS) is 14.2. The van der Waals surface area contributed by atoms with Crippen LogP contribution in [0.15, 0.2) is 48.0 Å². The van der Waals surface area contributed by atoms with Gasteiger partial charge in [-0.3, -0.25) is 4.79 Å². The fourth-order valence-electron chi connectivity index (χ4n) is 3.32. The molecule has 3 heterocycles. The van der Waals surface area contributed by atoms with Crippen LogP contribution in [-0.2, 0) is 22.5 Å². The number of carbonyl (C=O) groups excluding carboxylic acids is 2. The third-order valence-corrected chi connectivity index (χ3v) is 5.89. The second kappa shape index (κ2) is 8.08. The Hall–Kier alpha value is -3.13. The predicted octanol–water partition coefficient (Wildman–Crippen LogP) is 3.07. The molecule has 0 N–H and O–H groups in total. The molecule has 4 rings (SSSR count). The molecule has 3 aromatic rings. The first-order valence-corrected chi connectivity index (χ1v) is 10.2. The van der Waals surface area contributed by atoms with Gasteiger partial charge in [-0.1, -0.05) is 18.2 Å². The first-order valence-electron chi connectivity index (χ1n) is 9.31. The summed E-state index contributed by atoms with van der Waals surface area (Å²) >= 11 is 1.71. The lowest BCUT2D eigenvalue weighted by Crippen LogP contribution is -2.42. The monoisotopic (exact) mass is 411 g/mol. The maximum absolute atomic E-state index is 12.8. The Labute approximate surface area is 172 Å². The highest BCUT2D eigenvalue weighted by atomic mass is 32.1. The largest absolute Gasteiger partial charge is 0.493 e. The van der Waals surface area contributed by atoms with Gasteiger partial charge in [-0.25, -0.2) is 9.48 Å². The van der Waals surface area contributed by atoms with Crippen molar-refractivity contribution in [2.24, 2.45) is 0 Å². The Morgan fingerprint density at radius 2 is 2.00 bits per heavy atom. The number of carbonyl (C=O) groups is 2. The van der Waals surface area contributed by atoms with Gasteiger partial charge in [-0.2, -0.15) is 5.10 Å². The van der Waals surface area contributed by atoms with Crippen molar-refractivity contribution in [3.8, 4) is 11.4 Å². The van der Waals surface area contributed by atoms with E-state index in [1.54, 1.807) is 34.0 Å². The zero-order chi connectivity index (χ0) is 20.4. The summed E-state index contributed by atoms with van der Waals surface area (Å²) in [6.45, 7) is 2.76. The Bertz CT molecular complexity index is 1030. The van der Waals surface area contributed by atoms with E-state index in [4.69, 9.17) is 9.47 Å². The van der Waals surface area contributed by atoms with Crippen LogP contribution in [0.2, 0.25) is 0 Å². The van der Waals surface area contributed by atoms with Crippen LogP contribution >= 0.6 is 11.3 Å². The van der Waals surface area contributed by atoms with Gasteiger partial charge in [0.1, 0.15) is 0 Å². The fourth-order valence-corrected chi connectivity index (χ4v) is 4.21. The van der Waals surface area contributed by atoms with Crippen molar-refractivity contribution in [3.63, 3.8) is 0 Å². The number of para-hydroxylation sites is 1. The average molecular weight is 411 g/mol. The first-order chi connectivity index (χ1) is 14.1. The minimum absolute atomic E-state index is 0.0368. The van der Waals surface area contributed by atoms with Crippen LogP contribution < -0.4 is 4.74 Å². The van der Waals surface area contributed by atoms with Crippen molar-refractivity contribution in [1.29, 1.82) is 0 Å². The van der Waals surface area contributed by atoms with Crippen LogP contribution in [0.1, 0.15) is 27.9 Å². The molecule has 0 fully saturated rings. The van der Waals surface area contributed by atoms with Gasteiger partial charge in [0.2, 0.25) is 5.69 Å². The predicted molar refractivity (Wildman–Crippen MR) is 108 cm³/mol. The summed E-state index contributed by atoms with van der Waals surface area (Å²) < 4.78 is 12.3. The van der Waals surface area contributed by atoms with Crippen molar-refractivity contribution in [2.45, 2.75) is 26.0 Å². The molecule has 8 heteroatoms. The summed E-state index contributed by atoms with van der Waals surface area (Å²) in [7, 11) is 1.46. The number of nitrogens with zero attached hydrogens (tertiary/aromatic N) is 3. The number of amides is 1. The van der Waals surface area contributed by atoms with Gasteiger partial charge in [0.05, 0.1) is 19.0 Å². The van der Waals surface area contributed by atoms with Gasteiger partial charge < -0.3 is 14.4 Å². The molecule has 0 saturated heterocycles. The molecule has 2 aromatic heterocycles. The van der Waals surface area contributed by atoms with E-state index >= 15 is 0 Å². The van der Waals surface area contributed by atoms with E-state index in [1.807, 2.05) is 41.8 Å². The molecule has 0 aliphatic carbocycles. The topological polar surface area (TPSA) is 73.7 Å². The molecule has 29 heavy (non-hydrogen) atoms. The number of aromatic nitrogens is 2. The lowest BCUT2D eigenvalue weighted by Gasteiger charge is -2.29. The lowest BCUT2D eigenvalue weighted by molar-refractivity contribution is -0.140. The average Bonchev–Trinajstić information content (AvgIpc) is 3.40. The van der Waals surface area contributed by atoms with Crippen LogP contribution in [0.4, 0.5) is 0 Å². The summed E-state index contributed by atoms with van der Waals surface area (Å²) in [5.74, 6) is -0.610. The molecule has 1 aliphatic heterocycles.